The fraction of sp³-hybridized carbons (Fsp3) is 0.692. The molecular weight excluding hydrogens is 264 g/mol. The standard InChI is InChI=1S/C13H20N2O3S/c1-3-8-19-9-7-14-12(18)15-10-5-4-6-13(10,2)11(16)17/h1,10H,4-9H2,2H3,(H,16,17)(H2,14,15,18). The Kier molecular flexibility index (Phi) is 6.03. The Labute approximate surface area is 117 Å². The van der Waals surface area contributed by atoms with E-state index in [4.69, 9.17) is 6.42 Å². The van der Waals surface area contributed by atoms with E-state index in [0.29, 0.717) is 25.1 Å². The maximum atomic E-state index is 11.7. The largest absolute Gasteiger partial charge is 0.481 e. The first-order chi connectivity index (χ1) is 9.00. The molecule has 0 aromatic carbocycles. The van der Waals surface area contributed by atoms with Crippen LogP contribution >= 0.6 is 11.8 Å². The molecule has 1 aliphatic rings. The van der Waals surface area contributed by atoms with Crippen molar-refractivity contribution in [1.82, 2.24) is 10.6 Å². The first-order valence-electron chi connectivity index (χ1n) is 6.29. The summed E-state index contributed by atoms with van der Waals surface area (Å²) in [5, 5.41) is 14.7. The maximum Gasteiger partial charge on any atom is 0.315 e. The molecule has 0 saturated heterocycles. The number of aliphatic carboxylic acids is 1. The molecule has 1 fully saturated rings. The van der Waals surface area contributed by atoms with Crippen molar-refractivity contribution >= 4 is 23.8 Å². The Hall–Kier alpha value is -1.35. The van der Waals surface area contributed by atoms with Crippen molar-refractivity contribution in [3.63, 3.8) is 0 Å². The first-order valence-corrected chi connectivity index (χ1v) is 7.45. The normalized spacial score (nSPS) is 25.6. The summed E-state index contributed by atoms with van der Waals surface area (Å²) in [6.07, 6.45) is 7.25. The Morgan fingerprint density at radius 3 is 2.95 bits per heavy atom. The third-order valence-electron chi connectivity index (χ3n) is 3.47. The molecule has 0 radical (unpaired) electrons. The van der Waals surface area contributed by atoms with E-state index in [1.54, 1.807) is 18.7 Å². The molecule has 2 atom stereocenters. The lowest BCUT2D eigenvalue weighted by molar-refractivity contribution is -0.148. The van der Waals surface area contributed by atoms with Crippen LogP contribution in [-0.4, -0.2) is 41.2 Å². The number of amides is 2. The quantitative estimate of drug-likeness (QED) is 0.507. The second-order valence-corrected chi connectivity index (χ2v) is 5.93. The molecule has 1 saturated carbocycles. The monoisotopic (exact) mass is 284 g/mol. The third-order valence-corrected chi connectivity index (χ3v) is 4.33. The van der Waals surface area contributed by atoms with E-state index in [-0.39, 0.29) is 12.1 Å². The zero-order valence-electron chi connectivity index (χ0n) is 11.1. The summed E-state index contributed by atoms with van der Waals surface area (Å²) < 4.78 is 0. The van der Waals surface area contributed by atoms with Gasteiger partial charge in [0, 0.05) is 18.3 Å². The molecule has 2 amide bonds. The van der Waals surface area contributed by atoms with Crippen LogP contribution in [0.25, 0.3) is 0 Å². The second kappa shape index (κ2) is 7.29. The summed E-state index contributed by atoms with van der Waals surface area (Å²) in [6.45, 7) is 2.21. The van der Waals surface area contributed by atoms with Crippen molar-refractivity contribution in [1.29, 1.82) is 0 Å². The van der Waals surface area contributed by atoms with Crippen LogP contribution in [0.4, 0.5) is 4.79 Å². The highest BCUT2D eigenvalue weighted by atomic mass is 32.2. The van der Waals surface area contributed by atoms with E-state index in [2.05, 4.69) is 16.6 Å². The molecule has 1 rings (SSSR count). The Morgan fingerprint density at radius 2 is 2.32 bits per heavy atom. The number of carbonyl (C=O) groups excluding carboxylic acids is 1. The summed E-state index contributed by atoms with van der Waals surface area (Å²) >= 11 is 1.57. The molecule has 0 aliphatic heterocycles. The highest BCUT2D eigenvalue weighted by Gasteiger charge is 2.45. The number of terminal acetylenes is 1. The van der Waals surface area contributed by atoms with Gasteiger partial charge in [-0.3, -0.25) is 4.79 Å². The SMILES string of the molecule is C#CCSCCNC(=O)NC1CCCC1(C)C(=O)O. The van der Waals surface area contributed by atoms with Crippen LogP contribution in [0.3, 0.4) is 0 Å². The van der Waals surface area contributed by atoms with E-state index in [1.807, 2.05) is 0 Å². The maximum absolute atomic E-state index is 11.7. The minimum atomic E-state index is -0.852. The average Bonchev–Trinajstić information content (AvgIpc) is 2.72. The number of carboxylic acid groups (broad SMARTS) is 1. The van der Waals surface area contributed by atoms with Crippen LogP contribution in [0.2, 0.25) is 0 Å². The summed E-state index contributed by atoms with van der Waals surface area (Å²) in [5.74, 6) is 3.04. The number of nitrogens with one attached hydrogen (secondary N) is 2. The van der Waals surface area contributed by atoms with E-state index in [0.717, 1.165) is 12.2 Å². The molecule has 19 heavy (non-hydrogen) atoms. The van der Waals surface area contributed by atoms with E-state index in [9.17, 15) is 14.7 Å². The average molecular weight is 284 g/mol. The molecule has 2 unspecified atom stereocenters. The number of urea groups is 1. The molecule has 106 valence electrons. The smallest absolute Gasteiger partial charge is 0.315 e. The van der Waals surface area contributed by atoms with Crippen LogP contribution in [0, 0.1) is 17.8 Å². The lowest BCUT2D eigenvalue weighted by Gasteiger charge is -2.27. The van der Waals surface area contributed by atoms with Crippen molar-refractivity contribution in [2.45, 2.75) is 32.2 Å². The Bertz CT molecular complexity index is 381. The topological polar surface area (TPSA) is 78.4 Å². The summed E-state index contributed by atoms with van der Waals surface area (Å²) in [5.41, 5.74) is -0.852. The van der Waals surface area contributed by atoms with Crippen molar-refractivity contribution in [3.05, 3.63) is 0 Å². The lowest BCUT2D eigenvalue weighted by atomic mass is 9.85. The molecular formula is C13H20N2O3S. The van der Waals surface area contributed by atoms with Crippen LogP contribution in [0.15, 0.2) is 0 Å². The van der Waals surface area contributed by atoms with Gasteiger partial charge in [-0.2, -0.15) is 0 Å². The second-order valence-electron chi connectivity index (χ2n) is 4.82. The van der Waals surface area contributed by atoms with E-state index in [1.165, 1.54) is 0 Å². The van der Waals surface area contributed by atoms with Crippen LogP contribution in [0.1, 0.15) is 26.2 Å². The number of carbonyl (C=O) groups is 2. The number of hydrogen-bond acceptors (Lipinski definition) is 3. The number of carboxylic acids is 1. The summed E-state index contributed by atoms with van der Waals surface area (Å²) in [4.78, 5) is 22.9. The summed E-state index contributed by atoms with van der Waals surface area (Å²) in [6, 6.07) is -0.607. The van der Waals surface area contributed by atoms with Gasteiger partial charge in [-0.1, -0.05) is 12.3 Å². The van der Waals surface area contributed by atoms with Gasteiger partial charge >= 0.3 is 12.0 Å². The molecule has 0 heterocycles. The van der Waals surface area contributed by atoms with E-state index >= 15 is 0 Å². The third kappa shape index (κ3) is 4.35. The van der Waals surface area contributed by atoms with Gasteiger partial charge in [-0.15, -0.1) is 18.2 Å². The number of hydrogen-bond donors (Lipinski definition) is 3. The molecule has 5 nitrogen and oxygen atoms in total. The van der Waals surface area contributed by atoms with Gasteiger partial charge in [-0.05, 0) is 19.8 Å². The Balaban J connectivity index is 2.32. The highest BCUT2D eigenvalue weighted by molar-refractivity contribution is 7.99. The number of rotatable bonds is 6. The van der Waals surface area contributed by atoms with Gasteiger partial charge in [0.2, 0.25) is 0 Å². The fourth-order valence-electron chi connectivity index (χ4n) is 2.23. The van der Waals surface area contributed by atoms with Gasteiger partial charge in [0.25, 0.3) is 0 Å². The highest BCUT2D eigenvalue weighted by Crippen LogP contribution is 2.38. The predicted molar refractivity (Wildman–Crippen MR) is 76.1 cm³/mol. The Morgan fingerprint density at radius 1 is 1.58 bits per heavy atom. The predicted octanol–water partition coefficient (Wildman–Crippen LogP) is 1.30. The van der Waals surface area contributed by atoms with E-state index < -0.39 is 11.4 Å². The van der Waals surface area contributed by atoms with Crippen molar-refractivity contribution < 1.29 is 14.7 Å². The van der Waals surface area contributed by atoms with Crippen molar-refractivity contribution in [2.75, 3.05) is 18.1 Å². The fourth-order valence-corrected chi connectivity index (χ4v) is 2.74. The molecule has 0 aromatic heterocycles. The van der Waals surface area contributed by atoms with Crippen LogP contribution in [-0.2, 0) is 4.79 Å². The van der Waals surface area contributed by atoms with Crippen molar-refractivity contribution in [2.24, 2.45) is 5.41 Å². The zero-order chi connectivity index (χ0) is 14.3. The number of thioether (sulfide) groups is 1. The van der Waals surface area contributed by atoms with Gasteiger partial charge in [0.15, 0.2) is 0 Å². The molecule has 0 spiro atoms. The van der Waals surface area contributed by atoms with Crippen LogP contribution < -0.4 is 10.6 Å². The van der Waals surface area contributed by atoms with Gasteiger partial charge in [0.05, 0.1) is 11.2 Å². The molecule has 0 bridgehead atoms. The molecule has 3 N–H and O–H groups in total. The lowest BCUT2D eigenvalue weighted by Crippen LogP contribution is -2.50. The van der Waals surface area contributed by atoms with Gasteiger partial charge in [0.1, 0.15) is 0 Å². The van der Waals surface area contributed by atoms with Crippen LogP contribution in [0.5, 0.6) is 0 Å². The minimum absolute atomic E-state index is 0.302. The molecule has 0 aromatic rings. The first kappa shape index (κ1) is 15.7. The van der Waals surface area contributed by atoms with Gasteiger partial charge < -0.3 is 15.7 Å². The van der Waals surface area contributed by atoms with Gasteiger partial charge in [-0.25, -0.2) is 4.79 Å². The van der Waals surface area contributed by atoms with Crippen molar-refractivity contribution in [3.8, 4) is 12.3 Å². The minimum Gasteiger partial charge on any atom is -0.481 e. The molecule has 1 aliphatic carbocycles. The summed E-state index contributed by atoms with van der Waals surface area (Å²) in [7, 11) is 0. The molecule has 6 heteroatoms. The zero-order valence-corrected chi connectivity index (χ0v) is 11.9.